The quantitative estimate of drug-likeness (QED) is 0.768. The maximum atomic E-state index is 4.52. The van der Waals surface area contributed by atoms with Crippen molar-refractivity contribution < 1.29 is 0 Å². The molecule has 1 saturated heterocycles. The first kappa shape index (κ1) is 11.1. The second-order valence-electron chi connectivity index (χ2n) is 4.07. The number of nitrogens with zero attached hydrogens (tertiary/aromatic N) is 1. The summed E-state index contributed by atoms with van der Waals surface area (Å²) in [7, 11) is 0. The maximum Gasteiger partial charge on any atom is 0.0624 e. The Bertz CT molecular complexity index is 348. The Morgan fingerprint density at radius 1 is 1.25 bits per heavy atom. The Kier molecular flexibility index (Phi) is 4.32. The van der Waals surface area contributed by atoms with Crippen LogP contribution >= 0.6 is 0 Å². The topological polar surface area (TPSA) is 24.4 Å². The molecule has 0 bridgehead atoms. The van der Waals surface area contributed by atoms with Crippen molar-refractivity contribution in [2.75, 3.05) is 13.1 Å². The average molecular weight is 214 g/mol. The molecule has 0 aliphatic carbocycles. The van der Waals surface area contributed by atoms with E-state index in [1.165, 1.54) is 18.4 Å². The summed E-state index contributed by atoms with van der Waals surface area (Å²) in [5.74, 6) is 0. The molecular weight excluding hydrogens is 196 g/mol. The van der Waals surface area contributed by atoms with Gasteiger partial charge in [-0.15, -0.1) is 0 Å². The maximum absolute atomic E-state index is 4.52. The predicted molar refractivity (Wildman–Crippen MR) is 69.9 cm³/mol. The number of aliphatic imine (C=N–C) groups is 1. The van der Waals surface area contributed by atoms with Crippen molar-refractivity contribution >= 4 is 12.3 Å². The average Bonchev–Trinajstić information content (AvgIpc) is 2.37. The van der Waals surface area contributed by atoms with Gasteiger partial charge in [-0.2, -0.15) is 0 Å². The fourth-order valence-electron chi connectivity index (χ4n) is 1.85. The molecular formula is C14H18N2. The Labute approximate surface area is 97.1 Å². The van der Waals surface area contributed by atoms with Crippen molar-refractivity contribution in [3.63, 3.8) is 0 Å². The molecule has 0 radical (unpaired) electrons. The van der Waals surface area contributed by atoms with Crippen LogP contribution < -0.4 is 5.32 Å². The van der Waals surface area contributed by atoms with E-state index in [0.717, 1.165) is 13.1 Å². The van der Waals surface area contributed by atoms with Crippen LogP contribution in [0.5, 0.6) is 0 Å². The zero-order chi connectivity index (χ0) is 11.1. The minimum Gasteiger partial charge on any atom is -0.315 e. The molecule has 0 spiro atoms. The molecule has 0 aromatic heterocycles. The van der Waals surface area contributed by atoms with Gasteiger partial charge in [-0.05, 0) is 31.0 Å². The van der Waals surface area contributed by atoms with Gasteiger partial charge in [0.2, 0.25) is 0 Å². The molecule has 1 heterocycles. The smallest absolute Gasteiger partial charge is 0.0624 e. The highest BCUT2D eigenvalue weighted by atomic mass is 14.9. The van der Waals surface area contributed by atoms with Gasteiger partial charge in [0.15, 0.2) is 0 Å². The van der Waals surface area contributed by atoms with Crippen LogP contribution in [-0.4, -0.2) is 25.3 Å². The molecule has 2 heteroatoms. The van der Waals surface area contributed by atoms with Gasteiger partial charge in [-0.3, -0.25) is 4.99 Å². The second kappa shape index (κ2) is 6.23. The Morgan fingerprint density at radius 3 is 2.88 bits per heavy atom. The molecule has 0 unspecified atom stereocenters. The highest BCUT2D eigenvalue weighted by Crippen LogP contribution is 2.05. The lowest BCUT2D eigenvalue weighted by Gasteiger charge is -2.18. The zero-order valence-electron chi connectivity index (χ0n) is 9.47. The number of piperidine rings is 1. The van der Waals surface area contributed by atoms with Crippen molar-refractivity contribution in [2.24, 2.45) is 4.99 Å². The van der Waals surface area contributed by atoms with E-state index in [0.29, 0.717) is 6.04 Å². The summed E-state index contributed by atoms with van der Waals surface area (Å²) in [5, 5.41) is 3.36. The zero-order valence-corrected chi connectivity index (χ0v) is 9.47. The van der Waals surface area contributed by atoms with E-state index in [-0.39, 0.29) is 0 Å². The summed E-state index contributed by atoms with van der Waals surface area (Å²) in [6, 6.07) is 10.8. The molecule has 84 valence electrons. The van der Waals surface area contributed by atoms with Crippen molar-refractivity contribution in [1.29, 1.82) is 0 Å². The van der Waals surface area contributed by atoms with Crippen LogP contribution in [0, 0.1) is 0 Å². The fraction of sp³-hybridized carbons (Fsp3) is 0.357. The van der Waals surface area contributed by atoms with Crippen LogP contribution in [0.3, 0.4) is 0 Å². The third-order valence-corrected chi connectivity index (χ3v) is 2.74. The van der Waals surface area contributed by atoms with Gasteiger partial charge in [0.05, 0.1) is 6.04 Å². The van der Waals surface area contributed by atoms with Gasteiger partial charge in [0, 0.05) is 12.8 Å². The highest BCUT2D eigenvalue weighted by molar-refractivity contribution is 5.78. The van der Waals surface area contributed by atoms with Crippen molar-refractivity contribution in [3.05, 3.63) is 42.0 Å². The van der Waals surface area contributed by atoms with E-state index in [1.54, 1.807) is 0 Å². The second-order valence-corrected chi connectivity index (χ2v) is 4.07. The lowest BCUT2D eigenvalue weighted by Crippen LogP contribution is -2.32. The molecule has 0 amide bonds. The van der Waals surface area contributed by atoms with Crippen LogP contribution in [0.4, 0.5) is 0 Å². The van der Waals surface area contributed by atoms with Gasteiger partial charge in [-0.1, -0.05) is 36.4 Å². The van der Waals surface area contributed by atoms with Gasteiger partial charge in [0.1, 0.15) is 0 Å². The van der Waals surface area contributed by atoms with Gasteiger partial charge in [0.25, 0.3) is 0 Å². The molecule has 1 fully saturated rings. The Balaban J connectivity index is 1.82. The number of hydrogen-bond acceptors (Lipinski definition) is 2. The van der Waals surface area contributed by atoms with Crippen LogP contribution in [0.2, 0.25) is 0 Å². The van der Waals surface area contributed by atoms with Crippen molar-refractivity contribution in [2.45, 2.75) is 18.9 Å². The van der Waals surface area contributed by atoms with Crippen LogP contribution in [-0.2, 0) is 0 Å². The van der Waals surface area contributed by atoms with Gasteiger partial charge < -0.3 is 5.32 Å². The molecule has 2 nitrogen and oxygen atoms in total. The Hall–Kier alpha value is -1.41. The highest BCUT2D eigenvalue weighted by Gasteiger charge is 2.09. The predicted octanol–water partition coefficient (Wildman–Crippen LogP) is 2.52. The first-order valence-corrected chi connectivity index (χ1v) is 5.91. The number of hydrogen-bond donors (Lipinski definition) is 1. The van der Waals surface area contributed by atoms with Crippen LogP contribution in [0.25, 0.3) is 6.08 Å². The normalized spacial score (nSPS) is 21.9. The minimum absolute atomic E-state index is 0.467. The molecule has 1 aliphatic rings. The first-order valence-electron chi connectivity index (χ1n) is 5.91. The number of rotatable bonds is 3. The van der Waals surface area contributed by atoms with Crippen molar-refractivity contribution in [1.82, 2.24) is 5.32 Å². The molecule has 0 saturated carbocycles. The van der Waals surface area contributed by atoms with Gasteiger partial charge >= 0.3 is 0 Å². The largest absolute Gasteiger partial charge is 0.315 e. The molecule has 1 aliphatic heterocycles. The standard InChI is InChI=1S/C14H18N2/c1-2-6-13(7-3-1)8-4-11-16-14-9-5-10-15-12-14/h1-4,6-8,11,14-15H,5,9-10,12H2/b8-4+,16-11+/t14-/m1/s1. The van der Waals surface area contributed by atoms with Gasteiger partial charge in [-0.25, -0.2) is 0 Å². The summed E-state index contributed by atoms with van der Waals surface area (Å²) in [4.78, 5) is 4.52. The first-order chi connectivity index (χ1) is 7.95. The van der Waals surface area contributed by atoms with E-state index in [9.17, 15) is 0 Å². The van der Waals surface area contributed by atoms with E-state index in [4.69, 9.17) is 0 Å². The van der Waals surface area contributed by atoms with E-state index in [1.807, 2.05) is 30.5 Å². The minimum atomic E-state index is 0.467. The summed E-state index contributed by atoms with van der Waals surface area (Å²) >= 11 is 0. The summed E-state index contributed by atoms with van der Waals surface area (Å²) < 4.78 is 0. The van der Waals surface area contributed by atoms with E-state index < -0.39 is 0 Å². The Morgan fingerprint density at radius 2 is 2.12 bits per heavy atom. The fourth-order valence-corrected chi connectivity index (χ4v) is 1.85. The number of allylic oxidation sites excluding steroid dienone is 1. The van der Waals surface area contributed by atoms with Crippen molar-refractivity contribution in [3.8, 4) is 0 Å². The molecule has 1 aromatic rings. The lowest BCUT2D eigenvalue weighted by atomic mass is 10.1. The lowest BCUT2D eigenvalue weighted by molar-refractivity contribution is 0.462. The third kappa shape index (κ3) is 3.63. The summed E-state index contributed by atoms with van der Waals surface area (Å²) in [5.41, 5.74) is 1.22. The van der Waals surface area contributed by atoms with Crippen LogP contribution in [0.15, 0.2) is 41.4 Å². The van der Waals surface area contributed by atoms with E-state index >= 15 is 0 Å². The molecule has 2 rings (SSSR count). The molecule has 1 atom stereocenters. The molecule has 1 aromatic carbocycles. The third-order valence-electron chi connectivity index (χ3n) is 2.74. The van der Waals surface area contributed by atoms with Crippen LogP contribution in [0.1, 0.15) is 18.4 Å². The number of benzene rings is 1. The summed E-state index contributed by atoms with van der Waals surface area (Å²) in [6.45, 7) is 2.17. The molecule has 1 N–H and O–H groups in total. The summed E-state index contributed by atoms with van der Waals surface area (Å²) in [6.07, 6.45) is 8.47. The monoisotopic (exact) mass is 214 g/mol. The SMILES string of the molecule is C(=C\c1ccccc1)/C=N/[C@@H]1CCCNC1. The number of nitrogens with one attached hydrogen (secondary N) is 1. The van der Waals surface area contributed by atoms with E-state index in [2.05, 4.69) is 28.5 Å². The molecule has 16 heavy (non-hydrogen) atoms.